The average molecular weight is 176 g/mol. The van der Waals surface area contributed by atoms with E-state index in [1.165, 1.54) is 32.1 Å². The monoisotopic (exact) mass is 175 g/mol. The Bertz CT molecular complexity index is 107. The van der Waals surface area contributed by atoms with Crippen molar-refractivity contribution < 1.29 is 0 Å². The van der Waals surface area contributed by atoms with E-state index in [1.807, 2.05) is 0 Å². The van der Waals surface area contributed by atoms with Gasteiger partial charge in [0.15, 0.2) is 0 Å². The summed E-state index contributed by atoms with van der Waals surface area (Å²) in [5.74, 6) is 3.22. The van der Waals surface area contributed by atoms with Gasteiger partial charge >= 0.3 is 0 Å². The second-order valence-corrected chi connectivity index (χ2v) is 3.92. The van der Waals surface area contributed by atoms with Crippen molar-refractivity contribution in [2.24, 2.45) is 23.5 Å². The lowest BCUT2D eigenvalue weighted by atomic mass is 9.94. The Morgan fingerprint density at radius 3 is 1.82 bits per heavy atom. The van der Waals surface area contributed by atoms with Gasteiger partial charge in [-0.2, -0.15) is 0 Å². The standard InChI is InChI=1S/C9H17N.ClH/c10-6-5-9(7-1-2-7)8-3-4-8;/h7-9H,1-6,10H2;1H. The van der Waals surface area contributed by atoms with Gasteiger partial charge in [0.25, 0.3) is 0 Å². The van der Waals surface area contributed by atoms with Crippen molar-refractivity contribution in [1.29, 1.82) is 0 Å². The van der Waals surface area contributed by atoms with Crippen LogP contribution in [0.1, 0.15) is 32.1 Å². The molecule has 0 bridgehead atoms. The first kappa shape index (κ1) is 9.34. The number of hydrogen-bond donors (Lipinski definition) is 1. The Labute approximate surface area is 75.1 Å². The van der Waals surface area contributed by atoms with Gasteiger partial charge in [-0.25, -0.2) is 0 Å². The molecule has 1 nitrogen and oxygen atoms in total. The average Bonchev–Trinajstić information content (AvgIpc) is 2.77. The van der Waals surface area contributed by atoms with Crippen LogP contribution in [-0.4, -0.2) is 6.54 Å². The summed E-state index contributed by atoms with van der Waals surface area (Å²) >= 11 is 0. The van der Waals surface area contributed by atoms with E-state index in [0.717, 1.165) is 24.3 Å². The highest BCUT2D eigenvalue weighted by molar-refractivity contribution is 5.85. The molecule has 2 heteroatoms. The third-order valence-electron chi connectivity index (χ3n) is 2.96. The van der Waals surface area contributed by atoms with Gasteiger partial charge in [0.2, 0.25) is 0 Å². The fourth-order valence-electron chi connectivity index (χ4n) is 2.10. The van der Waals surface area contributed by atoms with E-state index in [0.29, 0.717) is 0 Å². The molecule has 2 rings (SSSR count). The summed E-state index contributed by atoms with van der Waals surface area (Å²) in [6, 6.07) is 0. The maximum Gasteiger partial charge on any atom is -0.00744 e. The number of halogens is 1. The Kier molecular flexibility index (Phi) is 3.20. The highest BCUT2D eigenvalue weighted by Crippen LogP contribution is 2.50. The van der Waals surface area contributed by atoms with Gasteiger partial charge in [-0.3, -0.25) is 0 Å². The zero-order valence-electron chi connectivity index (χ0n) is 6.96. The van der Waals surface area contributed by atoms with E-state index < -0.39 is 0 Å². The smallest absolute Gasteiger partial charge is 0.00744 e. The summed E-state index contributed by atoms with van der Waals surface area (Å²) in [7, 11) is 0. The second kappa shape index (κ2) is 3.77. The van der Waals surface area contributed by atoms with Gasteiger partial charge in [-0.1, -0.05) is 0 Å². The van der Waals surface area contributed by atoms with Crippen LogP contribution in [-0.2, 0) is 0 Å². The summed E-state index contributed by atoms with van der Waals surface area (Å²) in [4.78, 5) is 0. The molecule has 2 fully saturated rings. The minimum Gasteiger partial charge on any atom is -0.330 e. The molecule has 2 aliphatic rings. The summed E-state index contributed by atoms with van der Waals surface area (Å²) in [5.41, 5.74) is 5.56. The molecule has 66 valence electrons. The zero-order valence-corrected chi connectivity index (χ0v) is 7.78. The summed E-state index contributed by atoms with van der Waals surface area (Å²) in [5, 5.41) is 0. The lowest BCUT2D eigenvalue weighted by Gasteiger charge is -2.12. The van der Waals surface area contributed by atoms with E-state index in [-0.39, 0.29) is 12.4 Å². The molecule has 0 aromatic heterocycles. The summed E-state index contributed by atoms with van der Waals surface area (Å²) in [6.45, 7) is 0.914. The molecule has 0 aromatic rings. The van der Waals surface area contributed by atoms with Gasteiger partial charge in [0.05, 0.1) is 0 Å². The first-order valence-electron chi connectivity index (χ1n) is 4.62. The molecule has 0 atom stereocenters. The van der Waals surface area contributed by atoms with Crippen LogP contribution in [0.15, 0.2) is 0 Å². The van der Waals surface area contributed by atoms with E-state index in [4.69, 9.17) is 5.73 Å². The maximum atomic E-state index is 5.56. The Morgan fingerprint density at radius 2 is 1.55 bits per heavy atom. The first-order valence-corrected chi connectivity index (χ1v) is 4.62. The van der Waals surface area contributed by atoms with Crippen molar-refractivity contribution in [3.8, 4) is 0 Å². The van der Waals surface area contributed by atoms with E-state index >= 15 is 0 Å². The Balaban J connectivity index is 0.000000605. The molecule has 0 spiro atoms. The molecule has 2 N–H and O–H groups in total. The van der Waals surface area contributed by atoms with Crippen molar-refractivity contribution in [1.82, 2.24) is 0 Å². The lowest BCUT2D eigenvalue weighted by Crippen LogP contribution is -2.12. The summed E-state index contributed by atoms with van der Waals surface area (Å²) in [6.07, 6.45) is 7.31. The minimum absolute atomic E-state index is 0. The van der Waals surface area contributed by atoms with Crippen LogP contribution in [0.4, 0.5) is 0 Å². The largest absolute Gasteiger partial charge is 0.330 e. The minimum atomic E-state index is 0. The molecule has 0 amide bonds. The fraction of sp³-hybridized carbons (Fsp3) is 1.00. The number of rotatable bonds is 4. The normalized spacial score (nSPS) is 23.5. The lowest BCUT2D eigenvalue weighted by molar-refractivity contribution is 0.383. The van der Waals surface area contributed by atoms with Crippen LogP contribution in [0, 0.1) is 17.8 Å². The van der Waals surface area contributed by atoms with Crippen molar-refractivity contribution in [3.63, 3.8) is 0 Å². The van der Waals surface area contributed by atoms with Crippen LogP contribution in [0.5, 0.6) is 0 Å². The Morgan fingerprint density at radius 1 is 1.09 bits per heavy atom. The van der Waals surface area contributed by atoms with Crippen LogP contribution in [0.25, 0.3) is 0 Å². The molecule has 0 aromatic carbocycles. The third-order valence-corrected chi connectivity index (χ3v) is 2.96. The predicted octanol–water partition coefficient (Wildman–Crippen LogP) is 2.19. The van der Waals surface area contributed by atoms with Crippen LogP contribution in [0.2, 0.25) is 0 Å². The van der Waals surface area contributed by atoms with E-state index in [1.54, 1.807) is 0 Å². The molecule has 0 aliphatic heterocycles. The predicted molar refractivity (Wildman–Crippen MR) is 49.9 cm³/mol. The molecule has 2 saturated carbocycles. The highest BCUT2D eigenvalue weighted by Gasteiger charge is 2.40. The van der Waals surface area contributed by atoms with Crippen molar-refractivity contribution in [3.05, 3.63) is 0 Å². The first-order chi connectivity index (χ1) is 4.92. The third kappa shape index (κ3) is 2.34. The number of nitrogens with two attached hydrogens (primary N) is 1. The zero-order chi connectivity index (χ0) is 6.97. The highest BCUT2D eigenvalue weighted by atomic mass is 35.5. The van der Waals surface area contributed by atoms with Crippen LogP contribution >= 0.6 is 12.4 Å². The summed E-state index contributed by atoms with van der Waals surface area (Å²) < 4.78 is 0. The topological polar surface area (TPSA) is 26.0 Å². The van der Waals surface area contributed by atoms with Crippen molar-refractivity contribution in [2.75, 3.05) is 6.54 Å². The molecular formula is C9H18ClN. The van der Waals surface area contributed by atoms with Crippen LogP contribution in [0.3, 0.4) is 0 Å². The quantitative estimate of drug-likeness (QED) is 0.697. The number of hydrogen-bond acceptors (Lipinski definition) is 1. The second-order valence-electron chi connectivity index (χ2n) is 3.92. The molecule has 0 saturated heterocycles. The van der Waals surface area contributed by atoms with Gasteiger partial charge in [0, 0.05) is 0 Å². The molecule has 2 aliphatic carbocycles. The van der Waals surface area contributed by atoms with Gasteiger partial charge in [-0.05, 0) is 56.4 Å². The molecule has 0 heterocycles. The fourth-order valence-corrected chi connectivity index (χ4v) is 2.10. The molecule has 0 unspecified atom stereocenters. The van der Waals surface area contributed by atoms with Gasteiger partial charge in [0.1, 0.15) is 0 Å². The van der Waals surface area contributed by atoms with E-state index in [2.05, 4.69) is 0 Å². The van der Waals surface area contributed by atoms with Gasteiger partial charge in [-0.15, -0.1) is 12.4 Å². The van der Waals surface area contributed by atoms with Crippen molar-refractivity contribution in [2.45, 2.75) is 32.1 Å². The van der Waals surface area contributed by atoms with Crippen molar-refractivity contribution >= 4 is 12.4 Å². The van der Waals surface area contributed by atoms with E-state index in [9.17, 15) is 0 Å². The SMILES string of the molecule is Cl.NCCC(C1CC1)C1CC1. The molecule has 11 heavy (non-hydrogen) atoms. The molecule has 0 radical (unpaired) electrons. The molecular weight excluding hydrogens is 158 g/mol. The maximum absolute atomic E-state index is 5.56. The van der Waals surface area contributed by atoms with Crippen LogP contribution < -0.4 is 5.73 Å². The Hall–Kier alpha value is 0.250. The van der Waals surface area contributed by atoms with Gasteiger partial charge < -0.3 is 5.73 Å².